The van der Waals surface area contributed by atoms with Crippen molar-refractivity contribution in [3.05, 3.63) is 24.3 Å². The van der Waals surface area contributed by atoms with Crippen LogP contribution in [0, 0.1) is 0 Å². The predicted molar refractivity (Wildman–Crippen MR) is 63.5 cm³/mol. The maximum atomic E-state index is 4.48. The summed E-state index contributed by atoms with van der Waals surface area (Å²) in [4.78, 5) is 2.46. The molecule has 3 rings (SSSR count). The van der Waals surface area contributed by atoms with Gasteiger partial charge in [-0.05, 0) is 23.7 Å². The molecule has 1 aliphatic heterocycles. The second-order valence-electron chi connectivity index (χ2n) is 3.86. The van der Waals surface area contributed by atoms with E-state index in [1.165, 1.54) is 23.5 Å². The van der Waals surface area contributed by atoms with Crippen molar-refractivity contribution in [2.75, 3.05) is 31.1 Å². The van der Waals surface area contributed by atoms with Crippen molar-refractivity contribution in [1.82, 2.24) is 4.37 Å². The van der Waals surface area contributed by atoms with E-state index in [9.17, 15) is 0 Å². The van der Waals surface area contributed by atoms with Gasteiger partial charge < -0.3 is 10.2 Å². The second-order valence-corrected chi connectivity index (χ2v) is 4.61. The van der Waals surface area contributed by atoms with Crippen LogP contribution in [-0.4, -0.2) is 30.6 Å². The van der Waals surface area contributed by atoms with Crippen molar-refractivity contribution < 1.29 is 5.32 Å². The number of hydrogen-bond acceptors (Lipinski definition) is 3. The van der Waals surface area contributed by atoms with E-state index in [4.69, 9.17) is 0 Å². The number of quaternary nitrogens is 1. The Morgan fingerprint density at radius 1 is 1.20 bits per heavy atom. The number of rotatable bonds is 1. The third-order valence-corrected chi connectivity index (χ3v) is 3.80. The molecule has 1 saturated heterocycles. The van der Waals surface area contributed by atoms with Crippen molar-refractivity contribution in [2.24, 2.45) is 0 Å². The zero-order valence-electron chi connectivity index (χ0n) is 8.52. The lowest BCUT2D eigenvalue weighted by Gasteiger charge is -2.25. The third-order valence-electron chi connectivity index (χ3n) is 2.86. The van der Waals surface area contributed by atoms with Gasteiger partial charge in [-0.15, -0.1) is 0 Å². The predicted octanol–water partition coefficient (Wildman–Crippen LogP) is 0.680. The third kappa shape index (κ3) is 1.60. The number of nitrogens with two attached hydrogens (primary N) is 1. The van der Waals surface area contributed by atoms with E-state index in [2.05, 4.69) is 38.9 Å². The van der Waals surface area contributed by atoms with E-state index in [0.717, 1.165) is 18.6 Å². The first-order valence-electron chi connectivity index (χ1n) is 5.36. The second kappa shape index (κ2) is 3.79. The minimum Gasteiger partial charge on any atom is -0.350 e. The molecule has 1 aromatic carbocycles. The van der Waals surface area contributed by atoms with Gasteiger partial charge in [-0.2, -0.15) is 4.37 Å². The molecule has 0 atom stereocenters. The molecule has 3 nitrogen and oxygen atoms in total. The molecule has 2 heterocycles. The summed E-state index contributed by atoms with van der Waals surface area (Å²) in [5.74, 6) is 0. The molecule has 15 heavy (non-hydrogen) atoms. The van der Waals surface area contributed by atoms with Crippen molar-refractivity contribution in [3.8, 4) is 0 Å². The fourth-order valence-electron chi connectivity index (χ4n) is 2.06. The maximum absolute atomic E-state index is 4.48. The van der Waals surface area contributed by atoms with Gasteiger partial charge >= 0.3 is 0 Å². The summed E-state index contributed by atoms with van der Waals surface area (Å²) in [6, 6.07) is 8.41. The Hall–Kier alpha value is -1.13. The Balaban J connectivity index is 2.02. The van der Waals surface area contributed by atoms with Crippen LogP contribution in [0.1, 0.15) is 0 Å². The molecule has 0 radical (unpaired) electrons. The van der Waals surface area contributed by atoms with Gasteiger partial charge in [0.25, 0.3) is 0 Å². The topological polar surface area (TPSA) is 32.7 Å². The van der Waals surface area contributed by atoms with Gasteiger partial charge in [-0.1, -0.05) is 12.1 Å². The first kappa shape index (κ1) is 9.12. The van der Waals surface area contributed by atoms with Crippen LogP contribution in [0.5, 0.6) is 0 Å². The lowest BCUT2D eigenvalue weighted by molar-refractivity contribution is -0.655. The molecule has 0 saturated carbocycles. The Kier molecular flexibility index (Phi) is 2.31. The van der Waals surface area contributed by atoms with Crippen LogP contribution in [0.4, 0.5) is 5.00 Å². The smallest absolute Gasteiger partial charge is 0.120 e. The van der Waals surface area contributed by atoms with E-state index < -0.39 is 0 Å². The Morgan fingerprint density at radius 3 is 2.87 bits per heavy atom. The molecule has 4 heteroatoms. The summed E-state index contributed by atoms with van der Waals surface area (Å²) in [7, 11) is 0. The van der Waals surface area contributed by atoms with Crippen LogP contribution in [-0.2, 0) is 0 Å². The molecule has 1 aliphatic rings. The lowest BCUT2D eigenvalue weighted by atomic mass is 10.2. The Bertz CT molecular complexity index is 460. The summed E-state index contributed by atoms with van der Waals surface area (Å²) in [6.07, 6.45) is 0. The number of piperazine rings is 1. The van der Waals surface area contributed by atoms with Crippen LogP contribution in [0.2, 0.25) is 0 Å². The first-order valence-corrected chi connectivity index (χ1v) is 6.13. The molecule has 0 unspecified atom stereocenters. The molecule has 2 aromatic rings. The number of fused-ring (bicyclic) bond motifs is 1. The van der Waals surface area contributed by atoms with Crippen LogP contribution in [0.15, 0.2) is 24.3 Å². The summed E-state index contributed by atoms with van der Waals surface area (Å²) in [5, 5.41) is 5.03. The van der Waals surface area contributed by atoms with Gasteiger partial charge in [0.05, 0.1) is 31.7 Å². The average molecular weight is 220 g/mol. The molecule has 0 aliphatic carbocycles. The average Bonchev–Trinajstić information content (AvgIpc) is 2.74. The molecule has 1 fully saturated rings. The standard InChI is InChI=1S/C11H13N3S/c1-2-4-10-9(3-1)11(15-13-10)14-7-5-12-6-8-14/h1-4,12H,5-8H2/p+1. The Morgan fingerprint density at radius 2 is 2.00 bits per heavy atom. The lowest BCUT2D eigenvalue weighted by Crippen LogP contribution is -2.89. The zero-order chi connectivity index (χ0) is 10.1. The fourth-order valence-corrected chi connectivity index (χ4v) is 2.97. The summed E-state index contributed by atoms with van der Waals surface area (Å²) in [6.45, 7) is 4.69. The molecular weight excluding hydrogens is 206 g/mol. The van der Waals surface area contributed by atoms with E-state index in [1.807, 2.05) is 0 Å². The molecule has 1 aromatic heterocycles. The number of aromatic nitrogens is 1. The summed E-state index contributed by atoms with van der Waals surface area (Å²) in [5.41, 5.74) is 1.13. The minimum atomic E-state index is 1.13. The summed E-state index contributed by atoms with van der Waals surface area (Å²) >= 11 is 1.63. The zero-order valence-corrected chi connectivity index (χ0v) is 9.33. The van der Waals surface area contributed by atoms with Gasteiger partial charge in [0.1, 0.15) is 5.00 Å². The highest BCUT2D eigenvalue weighted by Crippen LogP contribution is 2.30. The van der Waals surface area contributed by atoms with E-state index >= 15 is 0 Å². The van der Waals surface area contributed by atoms with E-state index in [0.29, 0.717) is 0 Å². The Labute approximate surface area is 92.9 Å². The molecule has 0 amide bonds. The molecule has 2 N–H and O–H groups in total. The van der Waals surface area contributed by atoms with Gasteiger partial charge in [0, 0.05) is 5.39 Å². The highest BCUT2D eigenvalue weighted by Gasteiger charge is 2.17. The summed E-state index contributed by atoms with van der Waals surface area (Å²) < 4.78 is 4.48. The van der Waals surface area contributed by atoms with Gasteiger partial charge in [-0.25, -0.2) is 0 Å². The van der Waals surface area contributed by atoms with Crippen LogP contribution >= 0.6 is 11.5 Å². The van der Waals surface area contributed by atoms with Gasteiger partial charge in [-0.3, -0.25) is 0 Å². The van der Waals surface area contributed by atoms with Gasteiger partial charge in [0.15, 0.2) is 0 Å². The molecule has 0 bridgehead atoms. The van der Waals surface area contributed by atoms with Crippen molar-refractivity contribution in [3.63, 3.8) is 0 Å². The maximum Gasteiger partial charge on any atom is 0.120 e. The van der Waals surface area contributed by atoms with E-state index in [-0.39, 0.29) is 0 Å². The normalized spacial score (nSPS) is 17.2. The first-order chi connectivity index (χ1) is 7.45. The van der Waals surface area contributed by atoms with Crippen LogP contribution in [0.25, 0.3) is 10.9 Å². The van der Waals surface area contributed by atoms with Crippen LogP contribution in [0.3, 0.4) is 0 Å². The number of hydrogen-bond donors (Lipinski definition) is 1. The molecular formula is C11H14N3S+. The molecule has 78 valence electrons. The SMILES string of the molecule is c1ccc2c(N3CC[NH2+]CC3)snc2c1. The van der Waals surface area contributed by atoms with Crippen molar-refractivity contribution >= 4 is 27.4 Å². The highest BCUT2D eigenvalue weighted by atomic mass is 32.1. The number of benzene rings is 1. The quantitative estimate of drug-likeness (QED) is 0.766. The molecule has 0 spiro atoms. The minimum absolute atomic E-state index is 1.13. The fraction of sp³-hybridized carbons (Fsp3) is 0.364. The van der Waals surface area contributed by atoms with E-state index in [1.54, 1.807) is 11.5 Å². The monoisotopic (exact) mass is 220 g/mol. The highest BCUT2D eigenvalue weighted by molar-refractivity contribution is 7.11. The largest absolute Gasteiger partial charge is 0.350 e. The van der Waals surface area contributed by atoms with Gasteiger partial charge in [0.2, 0.25) is 0 Å². The number of anilines is 1. The van der Waals surface area contributed by atoms with Crippen LogP contribution < -0.4 is 10.2 Å². The number of nitrogens with zero attached hydrogens (tertiary/aromatic N) is 2. The van der Waals surface area contributed by atoms with Crippen molar-refractivity contribution in [2.45, 2.75) is 0 Å². The van der Waals surface area contributed by atoms with Crippen molar-refractivity contribution in [1.29, 1.82) is 0 Å².